The lowest BCUT2D eigenvalue weighted by molar-refractivity contribution is 0.176. The van der Waals surface area contributed by atoms with E-state index in [1.54, 1.807) is 13.4 Å². The van der Waals surface area contributed by atoms with E-state index in [2.05, 4.69) is 22.7 Å². The van der Waals surface area contributed by atoms with Gasteiger partial charge in [-0.25, -0.2) is 9.40 Å². The number of anilines is 1. The van der Waals surface area contributed by atoms with Gasteiger partial charge in [0.25, 0.3) is 0 Å². The fourth-order valence-corrected chi connectivity index (χ4v) is 3.14. The van der Waals surface area contributed by atoms with Gasteiger partial charge in [0, 0.05) is 24.8 Å². The molecule has 0 aliphatic rings. The van der Waals surface area contributed by atoms with Gasteiger partial charge in [0.15, 0.2) is 0 Å². The number of aliphatic imine (C=N–C) groups is 1. The van der Waals surface area contributed by atoms with Crippen molar-refractivity contribution in [1.29, 1.82) is 0 Å². The third kappa shape index (κ3) is 5.71. The third-order valence-corrected chi connectivity index (χ3v) is 4.47. The zero-order valence-corrected chi connectivity index (χ0v) is 16.2. The molecule has 0 saturated carbocycles. The molecule has 26 heavy (non-hydrogen) atoms. The van der Waals surface area contributed by atoms with E-state index >= 15 is 0 Å². The molecule has 0 aromatic heterocycles. The lowest BCUT2D eigenvalue weighted by Crippen LogP contribution is -2.47. The summed E-state index contributed by atoms with van der Waals surface area (Å²) in [6.07, 6.45) is 3.61. The number of halogens is 2. The highest BCUT2D eigenvalue weighted by molar-refractivity contribution is 6.30. The van der Waals surface area contributed by atoms with Gasteiger partial charge in [-0.15, -0.1) is 0 Å². The molecule has 0 saturated heterocycles. The van der Waals surface area contributed by atoms with E-state index in [4.69, 9.17) is 11.6 Å². The molecule has 0 fully saturated rings. The Morgan fingerprint density at radius 1 is 1.23 bits per heavy atom. The fourth-order valence-electron chi connectivity index (χ4n) is 2.95. The molecule has 0 spiro atoms. The number of likely N-dealkylation sites (N-methyl/N-ethyl adjacent to an activating group) is 1. The number of hydrogen-bond acceptors (Lipinski definition) is 3. The Morgan fingerprint density at radius 3 is 2.58 bits per heavy atom. The molecule has 2 aromatic rings. The molecule has 140 valence electrons. The fraction of sp³-hybridized carbons (Fsp3) is 0.350. The number of nitrogens with zero attached hydrogens (tertiary/aromatic N) is 2. The number of hydrogen-bond donors (Lipinski definition) is 2. The van der Waals surface area contributed by atoms with Crippen LogP contribution < -0.4 is 10.7 Å². The maximum atomic E-state index is 13.4. The van der Waals surface area contributed by atoms with Gasteiger partial charge < -0.3 is 10.7 Å². The summed E-state index contributed by atoms with van der Waals surface area (Å²) >= 11 is 6.14. The molecule has 0 aliphatic heterocycles. The monoisotopic (exact) mass is 376 g/mol. The highest BCUT2D eigenvalue weighted by Crippen LogP contribution is 2.29. The van der Waals surface area contributed by atoms with Crippen molar-refractivity contribution in [2.45, 2.75) is 31.8 Å². The van der Waals surface area contributed by atoms with Crippen LogP contribution in [0.3, 0.4) is 0 Å². The normalized spacial score (nSPS) is 13.8. The molecular weight excluding hydrogens is 351 g/mol. The summed E-state index contributed by atoms with van der Waals surface area (Å²) in [7, 11) is 3.70. The molecule has 0 heterocycles. The standard InChI is InChI=1S/C20H26ClFN4/c1-4-6-19(26(3)24-14-23-2)20(15-9-11-17(22)12-10-15)25-18-8-5-7-16(21)13-18/h5,7-14,19-20,25H,4,6H2,1-3H3,(H,23,24). The molecule has 6 heteroatoms. The smallest absolute Gasteiger partial charge is 0.123 e. The van der Waals surface area contributed by atoms with Crippen molar-refractivity contribution in [3.63, 3.8) is 0 Å². The molecule has 0 bridgehead atoms. The Morgan fingerprint density at radius 2 is 1.96 bits per heavy atom. The minimum absolute atomic E-state index is 0.0585. The van der Waals surface area contributed by atoms with Crippen LogP contribution in [0.25, 0.3) is 0 Å². The van der Waals surface area contributed by atoms with Crippen molar-refractivity contribution < 1.29 is 4.39 Å². The zero-order valence-electron chi connectivity index (χ0n) is 15.4. The van der Waals surface area contributed by atoms with Crippen LogP contribution in [0.1, 0.15) is 31.4 Å². The van der Waals surface area contributed by atoms with Gasteiger partial charge in [-0.3, -0.25) is 4.99 Å². The van der Waals surface area contributed by atoms with Gasteiger partial charge in [0.1, 0.15) is 5.82 Å². The second kappa shape index (κ2) is 10.1. The van der Waals surface area contributed by atoms with Crippen molar-refractivity contribution in [2.75, 3.05) is 19.4 Å². The summed E-state index contributed by atoms with van der Waals surface area (Å²) in [4.78, 5) is 3.99. The van der Waals surface area contributed by atoms with E-state index in [0.717, 1.165) is 24.1 Å². The Balaban J connectivity index is 2.37. The van der Waals surface area contributed by atoms with E-state index in [0.29, 0.717) is 5.02 Å². The third-order valence-electron chi connectivity index (χ3n) is 4.23. The first kappa shape index (κ1) is 20.2. The van der Waals surface area contributed by atoms with Crippen molar-refractivity contribution in [3.8, 4) is 0 Å². The van der Waals surface area contributed by atoms with E-state index < -0.39 is 0 Å². The van der Waals surface area contributed by atoms with E-state index in [9.17, 15) is 4.39 Å². The first-order valence-corrected chi connectivity index (χ1v) is 9.10. The summed E-state index contributed by atoms with van der Waals surface area (Å²) < 4.78 is 13.4. The molecule has 0 aliphatic carbocycles. The first-order chi connectivity index (χ1) is 12.5. The number of nitrogens with one attached hydrogen (secondary N) is 2. The second-order valence-corrected chi connectivity index (χ2v) is 6.60. The molecule has 2 atom stereocenters. The molecule has 2 N–H and O–H groups in total. The van der Waals surface area contributed by atoms with Crippen LogP contribution >= 0.6 is 11.6 Å². The van der Waals surface area contributed by atoms with E-state index in [-0.39, 0.29) is 17.9 Å². The molecule has 2 rings (SSSR count). The van der Waals surface area contributed by atoms with Gasteiger partial charge >= 0.3 is 0 Å². The molecule has 0 radical (unpaired) electrons. The number of benzene rings is 2. The van der Waals surface area contributed by atoms with Crippen molar-refractivity contribution in [1.82, 2.24) is 10.4 Å². The Kier molecular flexibility index (Phi) is 7.88. The van der Waals surface area contributed by atoms with Gasteiger partial charge in [-0.1, -0.05) is 43.1 Å². The average Bonchev–Trinajstić information content (AvgIpc) is 2.63. The van der Waals surface area contributed by atoms with E-state index in [1.807, 2.05) is 48.5 Å². The van der Waals surface area contributed by atoms with Crippen molar-refractivity contribution >= 4 is 23.6 Å². The maximum absolute atomic E-state index is 13.4. The number of rotatable bonds is 9. The van der Waals surface area contributed by atoms with Crippen LogP contribution in [0.5, 0.6) is 0 Å². The summed E-state index contributed by atoms with van der Waals surface area (Å²) in [5.74, 6) is -0.244. The van der Waals surface area contributed by atoms with Crippen molar-refractivity contribution in [2.24, 2.45) is 4.99 Å². The second-order valence-electron chi connectivity index (χ2n) is 6.17. The topological polar surface area (TPSA) is 39.7 Å². The summed E-state index contributed by atoms with van der Waals surface area (Å²) in [6, 6.07) is 14.3. The average molecular weight is 377 g/mol. The van der Waals surface area contributed by atoms with Crippen LogP contribution in [0.2, 0.25) is 5.02 Å². The number of hydrazine groups is 1. The van der Waals surface area contributed by atoms with E-state index in [1.165, 1.54) is 12.1 Å². The highest BCUT2D eigenvalue weighted by atomic mass is 35.5. The zero-order chi connectivity index (χ0) is 18.9. The van der Waals surface area contributed by atoms with Crippen molar-refractivity contribution in [3.05, 3.63) is 64.9 Å². The van der Waals surface area contributed by atoms with Crippen LogP contribution in [0.15, 0.2) is 53.5 Å². The minimum Gasteiger partial charge on any atom is -0.377 e. The molecule has 4 nitrogen and oxygen atoms in total. The van der Waals surface area contributed by atoms with Crippen LogP contribution in [-0.4, -0.2) is 31.5 Å². The van der Waals surface area contributed by atoms with Gasteiger partial charge in [-0.05, 0) is 42.3 Å². The van der Waals surface area contributed by atoms with Gasteiger partial charge in [0.2, 0.25) is 0 Å². The van der Waals surface area contributed by atoms with Gasteiger partial charge in [-0.2, -0.15) is 0 Å². The summed E-state index contributed by atoms with van der Waals surface area (Å²) in [5, 5.41) is 6.27. The summed E-state index contributed by atoms with van der Waals surface area (Å²) in [6.45, 7) is 2.15. The quantitative estimate of drug-likeness (QED) is 0.371. The Bertz CT molecular complexity index is 705. The SMILES string of the molecule is CCCC(C(Nc1cccc(Cl)c1)c1ccc(F)cc1)N(C)NC=NC. The predicted molar refractivity (Wildman–Crippen MR) is 108 cm³/mol. The first-order valence-electron chi connectivity index (χ1n) is 8.72. The molecule has 2 aromatic carbocycles. The predicted octanol–water partition coefficient (Wildman–Crippen LogP) is 4.90. The van der Waals surface area contributed by atoms with Crippen LogP contribution in [0.4, 0.5) is 10.1 Å². The largest absolute Gasteiger partial charge is 0.377 e. The van der Waals surface area contributed by atoms with Crippen LogP contribution in [0, 0.1) is 5.82 Å². The van der Waals surface area contributed by atoms with Crippen LogP contribution in [-0.2, 0) is 0 Å². The molecular formula is C20H26ClFN4. The highest BCUT2D eigenvalue weighted by Gasteiger charge is 2.26. The maximum Gasteiger partial charge on any atom is 0.123 e. The molecule has 0 amide bonds. The summed E-state index contributed by atoms with van der Waals surface area (Å²) in [5.41, 5.74) is 5.11. The Labute approximate surface area is 160 Å². The van der Waals surface area contributed by atoms with Gasteiger partial charge in [0.05, 0.1) is 18.4 Å². The lowest BCUT2D eigenvalue weighted by Gasteiger charge is -2.35. The Hall–Kier alpha value is -2.11. The lowest BCUT2D eigenvalue weighted by atomic mass is 9.95. The minimum atomic E-state index is -0.244. The molecule has 2 unspecified atom stereocenters.